The molecule has 1 fully saturated rings. The molecule has 1 aliphatic rings. The van der Waals surface area contributed by atoms with Crippen molar-refractivity contribution in [2.24, 2.45) is 5.92 Å². The molecule has 0 radical (unpaired) electrons. The van der Waals surface area contributed by atoms with Crippen LogP contribution in [0.2, 0.25) is 0 Å². The van der Waals surface area contributed by atoms with Crippen molar-refractivity contribution in [2.75, 3.05) is 18.8 Å². The van der Waals surface area contributed by atoms with E-state index in [2.05, 4.69) is 0 Å². The molecule has 112 valence electrons. The number of anilines is 1. The van der Waals surface area contributed by atoms with Crippen LogP contribution in [-0.4, -0.2) is 37.0 Å². The predicted molar refractivity (Wildman–Crippen MR) is 78.8 cm³/mol. The summed E-state index contributed by atoms with van der Waals surface area (Å²) in [5.41, 5.74) is 7.32. The van der Waals surface area contributed by atoms with Crippen LogP contribution in [0.5, 0.6) is 0 Å². The fourth-order valence-electron chi connectivity index (χ4n) is 2.44. The number of aryl methyl sites for hydroxylation is 1. The summed E-state index contributed by atoms with van der Waals surface area (Å²) in [6, 6.07) is 4.86. The van der Waals surface area contributed by atoms with E-state index in [1.165, 1.54) is 10.4 Å². The molecule has 3 N–H and O–H groups in total. The van der Waals surface area contributed by atoms with Crippen LogP contribution >= 0.6 is 0 Å². The van der Waals surface area contributed by atoms with E-state index in [-0.39, 0.29) is 17.4 Å². The fourth-order valence-corrected chi connectivity index (χ4v) is 3.95. The summed E-state index contributed by atoms with van der Waals surface area (Å²) in [5, 5.41) is 9.86. The molecule has 1 aromatic carbocycles. The van der Waals surface area contributed by atoms with Crippen LogP contribution in [-0.2, 0) is 16.4 Å². The standard InChI is InChI=1S/C14H22N2O3S/c1-3-11-4-5-12(8-13(11)15)20(18,19)16-7-6-10(2)14(17)9-16/h4-5,8,10,14,17H,3,6-7,9,15H2,1-2H3. The molecule has 5 nitrogen and oxygen atoms in total. The van der Waals surface area contributed by atoms with Crippen molar-refractivity contribution in [3.63, 3.8) is 0 Å². The zero-order valence-electron chi connectivity index (χ0n) is 11.9. The predicted octanol–water partition coefficient (Wildman–Crippen LogP) is 1.22. The van der Waals surface area contributed by atoms with Crippen molar-refractivity contribution in [3.8, 4) is 0 Å². The van der Waals surface area contributed by atoms with Gasteiger partial charge in [-0.2, -0.15) is 4.31 Å². The van der Waals surface area contributed by atoms with Crippen molar-refractivity contribution in [1.82, 2.24) is 4.31 Å². The number of hydrogen-bond acceptors (Lipinski definition) is 4. The van der Waals surface area contributed by atoms with Crippen LogP contribution in [0.4, 0.5) is 5.69 Å². The molecule has 20 heavy (non-hydrogen) atoms. The zero-order chi connectivity index (χ0) is 14.9. The topological polar surface area (TPSA) is 83.6 Å². The van der Waals surface area contributed by atoms with Crippen LogP contribution in [0.1, 0.15) is 25.8 Å². The Hall–Kier alpha value is -1.11. The number of nitrogens with two attached hydrogens (primary N) is 1. The number of piperidine rings is 1. The highest BCUT2D eigenvalue weighted by Crippen LogP contribution is 2.26. The maximum absolute atomic E-state index is 12.6. The van der Waals surface area contributed by atoms with Crippen molar-refractivity contribution in [1.29, 1.82) is 0 Å². The van der Waals surface area contributed by atoms with Gasteiger partial charge >= 0.3 is 0 Å². The highest BCUT2D eigenvalue weighted by molar-refractivity contribution is 7.89. The Balaban J connectivity index is 2.29. The van der Waals surface area contributed by atoms with Gasteiger partial charge in [-0.25, -0.2) is 8.42 Å². The van der Waals surface area contributed by atoms with Gasteiger partial charge < -0.3 is 10.8 Å². The third-order valence-corrected chi connectivity index (χ3v) is 5.88. The van der Waals surface area contributed by atoms with Gasteiger partial charge in [0.25, 0.3) is 0 Å². The number of β-amino-alcohol motifs (C(OH)–C–C–N with tert-alkyl or cyclic N) is 1. The minimum absolute atomic E-state index is 0.133. The van der Waals surface area contributed by atoms with Crippen LogP contribution in [0.3, 0.4) is 0 Å². The van der Waals surface area contributed by atoms with E-state index in [0.717, 1.165) is 12.0 Å². The lowest BCUT2D eigenvalue weighted by Gasteiger charge is -2.33. The van der Waals surface area contributed by atoms with Crippen LogP contribution < -0.4 is 5.73 Å². The van der Waals surface area contributed by atoms with E-state index in [9.17, 15) is 13.5 Å². The number of sulfonamides is 1. The second-order valence-electron chi connectivity index (χ2n) is 5.41. The molecule has 2 atom stereocenters. The lowest BCUT2D eigenvalue weighted by molar-refractivity contribution is 0.0605. The molecule has 6 heteroatoms. The fraction of sp³-hybridized carbons (Fsp3) is 0.571. The lowest BCUT2D eigenvalue weighted by atomic mass is 9.98. The smallest absolute Gasteiger partial charge is 0.243 e. The molecule has 0 bridgehead atoms. The van der Waals surface area contributed by atoms with E-state index in [0.29, 0.717) is 18.7 Å². The van der Waals surface area contributed by atoms with Crippen molar-refractivity contribution in [2.45, 2.75) is 37.7 Å². The molecule has 0 amide bonds. The first-order valence-electron chi connectivity index (χ1n) is 6.93. The third kappa shape index (κ3) is 2.82. The second-order valence-corrected chi connectivity index (χ2v) is 7.35. The van der Waals surface area contributed by atoms with Crippen LogP contribution in [0, 0.1) is 5.92 Å². The largest absolute Gasteiger partial charge is 0.398 e. The van der Waals surface area contributed by atoms with Gasteiger partial charge in [-0.3, -0.25) is 0 Å². The van der Waals surface area contributed by atoms with Crippen molar-refractivity contribution in [3.05, 3.63) is 23.8 Å². The van der Waals surface area contributed by atoms with Gasteiger partial charge in [0.05, 0.1) is 11.0 Å². The van der Waals surface area contributed by atoms with Gasteiger partial charge in [-0.15, -0.1) is 0 Å². The molecule has 0 aromatic heterocycles. The Morgan fingerprint density at radius 2 is 2.15 bits per heavy atom. The molecule has 1 heterocycles. The highest BCUT2D eigenvalue weighted by Gasteiger charge is 2.32. The molecule has 1 aromatic rings. The van der Waals surface area contributed by atoms with E-state index in [1.807, 2.05) is 13.8 Å². The zero-order valence-corrected chi connectivity index (χ0v) is 12.7. The third-order valence-electron chi connectivity index (χ3n) is 4.02. The number of benzene rings is 1. The second kappa shape index (κ2) is 5.71. The van der Waals surface area contributed by atoms with Crippen molar-refractivity contribution < 1.29 is 13.5 Å². The minimum atomic E-state index is -3.57. The summed E-state index contributed by atoms with van der Waals surface area (Å²) in [4.78, 5) is 0.203. The molecule has 1 saturated heterocycles. The molecule has 0 saturated carbocycles. The first-order valence-corrected chi connectivity index (χ1v) is 8.37. The first-order chi connectivity index (χ1) is 9.36. The number of aliphatic hydroxyl groups is 1. The van der Waals surface area contributed by atoms with E-state index in [1.54, 1.807) is 12.1 Å². The molecular weight excluding hydrogens is 276 g/mol. The average molecular weight is 298 g/mol. The molecule has 2 unspecified atom stereocenters. The van der Waals surface area contributed by atoms with Gasteiger partial charge in [0.1, 0.15) is 0 Å². The molecule has 2 rings (SSSR count). The van der Waals surface area contributed by atoms with Gasteiger partial charge in [0.15, 0.2) is 0 Å². The Morgan fingerprint density at radius 3 is 2.70 bits per heavy atom. The number of rotatable bonds is 3. The summed E-state index contributed by atoms with van der Waals surface area (Å²) in [5.74, 6) is 0.133. The number of aliphatic hydroxyl groups excluding tert-OH is 1. The van der Waals surface area contributed by atoms with E-state index >= 15 is 0 Å². The summed E-state index contributed by atoms with van der Waals surface area (Å²) >= 11 is 0. The minimum Gasteiger partial charge on any atom is -0.398 e. The van der Waals surface area contributed by atoms with Crippen molar-refractivity contribution >= 4 is 15.7 Å². The average Bonchev–Trinajstić information content (AvgIpc) is 2.41. The summed E-state index contributed by atoms with van der Waals surface area (Å²) in [6.07, 6.45) is 0.834. The molecule has 0 aliphatic carbocycles. The maximum atomic E-state index is 12.6. The maximum Gasteiger partial charge on any atom is 0.243 e. The number of hydrogen-bond donors (Lipinski definition) is 2. The summed E-state index contributed by atoms with van der Waals surface area (Å²) in [7, 11) is -3.57. The van der Waals surface area contributed by atoms with Crippen LogP contribution in [0.15, 0.2) is 23.1 Å². The quantitative estimate of drug-likeness (QED) is 0.822. The Bertz CT molecular complexity index is 586. The molecule has 0 spiro atoms. The normalized spacial score (nSPS) is 24.8. The van der Waals surface area contributed by atoms with Crippen LogP contribution in [0.25, 0.3) is 0 Å². The van der Waals surface area contributed by atoms with Gasteiger partial charge in [-0.05, 0) is 36.5 Å². The Kier molecular flexibility index (Phi) is 4.36. The van der Waals surface area contributed by atoms with E-state index < -0.39 is 16.1 Å². The highest BCUT2D eigenvalue weighted by atomic mass is 32.2. The van der Waals surface area contributed by atoms with Gasteiger partial charge in [0.2, 0.25) is 10.0 Å². The Morgan fingerprint density at radius 1 is 1.45 bits per heavy atom. The van der Waals surface area contributed by atoms with E-state index in [4.69, 9.17) is 5.73 Å². The van der Waals surface area contributed by atoms with Gasteiger partial charge in [0, 0.05) is 18.8 Å². The first kappa shape index (κ1) is 15.3. The summed E-state index contributed by atoms with van der Waals surface area (Å²) < 4.78 is 26.4. The Labute approximate surface area is 120 Å². The monoisotopic (exact) mass is 298 g/mol. The SMILES string of the molecule is CCc1ccc(S(=O)(=O)N2CCC(C)C(O)C2)cc1N. The summed E-state index contributed by atoms with van der Waals surface area (Å²) in [6.45, 7) is 4.50. The van der Waals surface area contributed by atoms with Gasteiger partial charge in [-0.1, -0.05) is 19.9 Å². The number of nitrogen functional groups attached to an aromatic ring is 1. The number of nitrogens with zero attached hydrogens (tertiary/aromatic N) is 1. The molecule has 1 aliphatic heterocycles. The lowest BCUT2D eigenvalue weighted by Crippen LogP contribution is -2.45. The molecular formula is C14H22N2O3S.